The minimum atomic E-state index is -1.75. The molecule has 1 fully saturated rings. The SMILES string of the molecule is CC(=O)O[C@@H](C[C@H](O[C@@H]1O[C@H](CO)[C@@H](O)[C@H](O)[C@@H]1O)[C@](C)(O)CCC=C(C)C)/C(C)=C/CO[C@@H]([C@H](O)[C@H](O)CO)[C@H](O)COCC=C(C)C. The van der Waals surface area contributed by atoms with Gasteiger partial charge in [0.15, 0.2) is 6.29 Å². The van der Waals surface area contributed by atoms with Crippen molar-refractivity contribution in [3.8, 4) is 0 Å². The summed E-state index contributed by atoms with van der Waals surface area (Å²) in [6.45, 7) is 10.0. The summed E-state index contributed by atoms with van der Waals surface area (Å²) in [6, 6.07) is 0. The van der Waals surface area contributed by atoms with E-state index < -0.39 is 92.1 Å². The summed E-state index contributed by atoms with van der Waals surface area (Å²) in [6.07, 6.45) is -10.7. The van der Waals surface area contributed by atoms with Gasteiger partial charge in [-0.05, 0) is 60.0 Å². The summed E-state index contributed by atoms with van der Waals surface area (Å²) in [7, 11) is 0. The first-order valence-electron chi connectivity index (χ1n) is 16.5. The Labute approximate surface area is 289 Å². The van der Waals surface area contributed by atoms with Gasteiger partial charge in [-0.1, -0.05) is 29.4 Å². The highest BCUT2D eigenvalue weighted by atomic mass is 16.7. The smallest absolute Gasteiger partial charge is 0.303 e. The van der Waals surface area contributed by atoms with Crippen LogP contribution in [0, 0.1) is 0 Å². The van der Waals surface area contributed by atoms with Gasteiger partial charge in [0.05, 0.1) is 44.7 Å². The van der Waals surface area contributed by atoms with E-state index in [0.29, 0.717) is 12.0 Å². The van der Waals surface area contributed by atoms with Gasteiger partial charge in [0.25, 0.3) is 0 Å². The van der Waals surface area contributed by atoms with Crippen LogP contribution in [0.1, 0.15) is 67.7 Å². The highest BCUT2D eigenvalue weighted by molar-refractivity contribution is 5.66. The zero-order valence-electron chi connectivity index (χ0n) is 29.7. The Morgan fingerprint density at radius 2 is 1.51 bits per heavy atom. The van der Waals surface area contributed by atoms with Gasteiger partial charge < -0.3 is 69.6 Å². The van der Waals surface area contributed by atoms with Gasteiger partial charge in [-0.3, -0.25) is 4.79 Å². The lowest BCUT2D eigenvalue weighted by Gasteiger charge is -2.43. The molecule has 0 aromatic carbocycles. The maximum Gasteiger partial charge on any atom is 0.303 e. The predicted molar refractivity (Wildman–Crippen MR) is 177 cm³/mol. The molecule has 0 aromatic rings. The predicted octanol–water partition coefficient (Wildman–Crippen LogP) is -0.620. The maximum atomic E-state index is 12.2. The van der Waals surface area contributed by atoms with Crippen LogP contribution in [0.25, 0.3) is 0 Å². The molecule has 1 rings (SSSR count). The van der Waals surface area contributed by atoms with Gasteiger partial charge in [-0.15, -0.1) is 0 Å². The van der Waals surface area contributed by atoms with Crippen molar-refractivity contribution in [1.29, 1.82) is 0 Å². The first kappa shape index (κ1) is 45.2. The molecule has 0 bridgehead atoms. The fourth-order valence-corrected chi connectivity index (χ4v) is 5.03. The summed E-state index contributed by atoms with van der Waals surface area (Å²) < 4.78 is 28.3. The number of hydrogen-bond donors (Lipinski definition) is 9. The van der Waals surface area contributed by atoms with Crippen LogP contribution in [0.5, 0.6) is 0 Å². The van der Waals surface area contributed by atoms with Gasteiger partial charge in [-0.2, -0.15) is 0 Å². The van der Waals surface area contributed by atoms with Crippen LogP contribution < -0.4 is 0 Å². The quantitative estimate of drug-likeness (QED) is 0.0387. The van der Waals surface area contributed by atoms with Crippen LogP contribution in [0.15, 0.2) is 34.9 Å². The molecule has 0 saturated carbocycles. The normalized spacial score (nSPS) is 26.4. The van der Waals surface area contributed by atoms with Crippen molar-refractivity contribution in [3.63, 3.8) is 0 Å². The van der Waals surface area contributed by atoms with Crippen molar-refractivity contribution < 1.29 is 74.4 Å². The number of aliphatic hydroxyl groups excluding tert-OH is 8. The lowest BCUT2D eigenvalue weighted by molar-refractivity contribution is -0.324. The minimum Gasteiger partial charge on any atom is -0.458 e. The van der Waals surface area contributed by atoms with E-state index in [-0.39, 0.29) is 32.7 Å². The zero-order valence-corrected chi connectivity index (χ0v) is 29.7. The first-order valence-corrected chi connectivity index (χ1v) is 16.5. The average molecular weight is 709 g/mol. The molecule has 1 heterocycles. The Bertz CT molecular complexity index is 1050. The molecule has 1 saturated heterocycles. The maximum absolute atomic E-state index is 12.2. The average Bonchev–Trinajstić information content (AvgIpc) is 3.02. The molecule has 1 aliphatic heterocycles. The van der Waals surface area contributed by atoms with Crippen molar-refractivity contribution in [2.75, 3.05) is 33.0 Å². The van der Waals surface area contributed by atoms with E-state index in [0.717, 1.165) is 11.1 Å². The van der Waals surface area contributed by atoms with Gasteiger partial charge in [0.1, 0.15) is 54.9 Å². The molecule has 0 spiro atoms. The number of rotatable bonds is 22. The molecule has 0 aliphatic carbocycles. The molecule has 0 aromatic heterocycles. The van der Waals surface area contributed by atoms with Crippen molar-refractivity contribution in [2.24, 2.45) is 0 Å². The van der Waals surface area contributed by atoms with Crippen LogP contribution in [-0.4, -0.2) is 158 Å². The van der Waals surface area contributed by atoms with E-state index in [9.17, 15) is 50.8 Å². The topological polar surface area (TPSA) is 245 Å². The summed E-state index contributed by atoms with van der Waals surface area (Å²) in [5.41, 5.74) is 0.794. The molecule has 12 atom stereocenters. The molecule has 15 heteroatoms. The standard InChI is InChI=1S/C34H60O15/c1-19(2)9-8-12-34(7,44)27(49-33-31(43)30(42)29(41)26(17-36)48-33)15-25(47-22(6)37)21(5)11-14-46-32(28(40)23(38)16-35)24(39)18-45-13-10-20(3)4/h9-11,23-33,35-36,38-44H,8,12-18H2,1-7H3/b21-11+/t23-,24-,25+,26-,27+,28-,29-,30+,31+,32-,33+,34-/m1/s1. The Balaban J connectivity index is 3.32. The van der Waals surface area contributed by atoms with Gasteiger partial charge >= 0.3 is 5.97 Å². The van der Waals surface area contributed by atoms with Crippen LogP contribution in [0.3, 0.4) is 0 Å². The molecular weight excluding hydrogens is 648 g/mol. The summed E-state index contributed by atoms with van der Waals surface area (Å²) in [5.74, 6) is -0.669. The minimum absolute atomic E-state index is 0.166. The van der Waals surface area contributed by atoms with Gasteiger partial charge in [0, 0.05) is 13.3 Å². The van der Waals surface area contributed by atoms with Crippen LogP contribution >= 0.6 is 0 Å². The molecule has 286 valence electrons. The Morgan fingerprint density at radius 1 is 0.878 bits per heavy atom. The number of carbonyl (C=O) groups is 1. The fourth-order valence-electron chi connectivity index (χ4n) is 5.03. The van der Waals surface area contributed by atoms with E-state index in [1.54, 1.807) is 13.0 Å². The Hall–Kier alpha value is -1.83. The van der Waals surface area contributed by atoms with Crippen molar-refractivity contribution in [3.05, 3.63) is 34.9 Å². The summed E-state index contributed by atoms with van der Waals surface area (Å²) in [5, 5.41) is 93.1. The number of esters is 1. The lowest BCUT2D eigenvalue weighted by Crippen LogP contribution is -2.61. The molecule has 15 nitrogen and oxygen atoms in total. The molecule has 9 N–H and O–H groups in total. The molecule has 49 heavy (non-hydrogen) atoms. The van der Waals surface area contributed by atoms with Crippen molar-refractivity contribution in [2.45, 2.75) is 141 Å². The van der Waals surface area contributed by atoms with E-state index >= 15 is 0 Å². The highest BCUT2D eigenvalue weighted by Crippen LogP contribution is 2.31. The number of hydrogen-bond acceptors (Lipinski definition) is 15. The lowest BCUT2D eigenvalue weighted by atomic mass is 9.87. The summed E-state index contributed by atoms with van der Waals surface area (Å²) in [4.78, 5) is 12.2. The molecule has 0 amide bonds. The zero-order chi connectivity index (χ0) is 37.5. The van der Waals surface area contributed by atoms with Crippen LogP contribution in [0.2, 0.25) is 0 Å². The highest BCUT2D eigenvalue weighted by Gasteiger charge is 2.47. The third-order valence-corrected chi connectivity index (χ3v) is 8.18. The van der Waals surface area contributed by atoms with Gasteiger partial charge in [0.2, 0.25) is 0 Å². The van der Waals surface area contributed by atoms with E-state index in [1.807, 2.05) is 33.8 Å². The summed E-state index contributed by atoms with van der Waals surface area (Å²) >= 11 is 0. The third kappa shape index (κ3) is 15.5. The van der Waals surface area contributed by atoms with E-state index in [2.05, 4.69) is 0 Å². The van der Waals surface area contributed by atoms with E-state index in [1.165, 1.54) is 19.9 Å². The van der Waals surface area contributed by atoms with Gasteiger partial charge in [-0.25, -0.2) is 0 Å². The number of carbonyl (C=O) groups excluding carboxylic acids is 1. The van der Waals surface area contributed by atoms with E-state index in [4.69, 9.17) is 23.7 Å². The molecule has 1 aliphatic rings. The number of allylic oxidation sites excluding steroid dienone is 3. The third-order valence-electron chi connectivity index (χ3n) is 8.18. The second-order valence-electron chi connectivity index (χ2n) is 13.2. The Kier molecular flexibility index (Phi) is 20.5. The van der Waals surface area contributed by atoms with Crippen molar-refractivity contribution >= 4 is 5.97 Å². The molecule has 0 radical (unpaired) electrons. The second kappa shape index (κ2) is 22.2. The number of ether oxygens (including phenoxy) is 5. The Morgan fingerprint density at radius 3 is 2.06 bits per heavy atom. The molecule has 0 unspecified atom stereocenters. The van der Waals surface area contributed by atoms with Crippen LogP contribution in [-0.2, 0) is 28.5 Å². The fraction of sp³-hybridized carbons (Fsp3) is 0.794. The largest absolute Gasteiger partial charge is 0.458 e. The second-order valence-corrected chi connectivity index (χ2v) is 13.2. The number of aliphatic hydroxyl groups is 9. The van der Waals surface area contributed by atoms with Crippen LogP contribution in [0.4, 0.5) is 0 Å². The monoisotopic (exact) mass is 708 g/mol. The first-order chi connectivity index (χ1) is 22.9. The van der Waals surface area contributed by atoms with Crippen molar-refractivity contribution in [1.82, 2.24) is 0 Å². The molecular formula is C34H60O15.